The second kappa shape index (κ2) is 4.11. The van der Waals surface area contributed by atoms with Gasteiger partial charge < -0.3 is 5.32 Å². The first kappa shape index (κ1) is 10.7. The molecular weight excluding hydrogens is 264 g/mol. The van der Waals surface area contributed by atoms with Crippen molar-refractivity contribution in [1.82, 2.24) is 10.3 Å². The maximum absolute atomic E-state index is 4.26. The van der Waals surface area contributed by atoms with Crippen LogP contribution in [0.15, 0.2) is 22.9 Å². The molecule has 1 aromatic rings. The Morgan fingerprint density at radius 3 is 2.94 bits per heavy atom. The summed E-state index contributed by atoms with van der Waals surface area (Å²) in [6.07, 6.45) is 10.5. The van der Waals surface area contributed by atoms with E-state index in [4.69, 9.17) is 0 Å². The van der Waals surface area contributed by atoms with Gasteiger partial charge in [-0.1, -0.05) is 0 Å². The van der Waals surface area contributed by atoms with E-state index in [9.17, 15) is 0 Å². The molecule has 1 aliphatic heterocycles. The Balaban J connectivity index is 1.81. The molecule has 0 aromatic carbocycles. The number of pyridine rings is 1. The van der Waals surface area contributed by atoms with Crippen LogP contribution in [-0.2, 0) is 6.42 Å². The van der Waals surface area contributed by atoms with Gasteiger partial charge in [0.1, 0.15) is 0 Å². The van der Waals surface area contributed by atoms with Gasteiger partial charge >= 0.3 is 0 Å². The Morgan fingerprint density at radius 2 is 2.31 bits per heavy atom. The molecule has 1 saturated carbocycles. The highest BCUT2D eigenvalue weighted by atomic mass is 79.9. The molecule has 3 heteroatoms. The largest absolute Gasteiger partial charge is 0.311 e. The molecule has 2 heterocycles. The molecule has 2 aliphatic rings. The summed E-state index contributed by atoms with van der Waals surface area (Å²) in [5.41, 5.74) is 1.75. The van der Waals surface area contributed by atoms with Crippen LogP contribution in [-0.4, -0.2) is 17.1 Å². The van der Waals surface area contributed by atoms with Gasteiger partial charge in [-0.3, -0.25) is 4.98 Å². The summed E-state index contributed by atoms with van der Waals surface area (Å²) >= 11 is 3.50. The van der Waals surface area contributed by atoms with Gasteiger partial charge in [0, 0.05) is 22.4 Å². The quantitative estimate of drug-likeness (QED) is 0.921. The Bertz CT molecular complexity index is 381. The number of aromatic nitrogens is 1. The van der Waals surface area contributed by atoms with Crippen molar-refractivity contribution in [2.24, 2.45) is 5.92 Å². The van der Waals surface area contributed by atoms with Crippen LogP contribution < -0.4 is 5.32 Å². The molecule has 2 fully saturated rings. The van der Waals surface area contributed by atoms with E-state index in [2.05, 4.69) is 32.3 Å². The molecule has 3 rings (SSSR count). The smallest absolute Gasteiger partial charge is 0.0410 e. The predicted molar refractivity (Wildman–Crippen MR) is 68.3 cm³/mol. The lowest BCUT2D eigenvalue weighted by Crippen LogP contribution is -2.44. The number of rotatable bonds is 3. The third-order valence-corrected chi connectivity index (χ3v) is 4.35. The SMILES string of the molecule is Brc1cncc(CC2(C3CC3)CCCN2)c1. The van der Waals surface area contributed by atoms with Crippen molar-refractivity contribution in [2.75, 3.05) is 6.54 Å². The van der Waals surface area contributed by atoms with E-state index in [0.717, 1.165) is 16.8 Å². The standard InChI is InChI=1S/C13H17BrN2/c14-12-6-10(8-15-9-12)7-13(11-2-3-11)4-1-5-16-13/h6,8-9,11,16H,1-5,7H2. The summed E-state index contributed by atoms with van der Waals surface area (Å²) in [5, 5.41) is 3.76. The second-order valence-corrected chi connectivity index (χ2v) is 6.06. The molecule has 1 N–H and O–H groups in total. The van der Waals surface area contributed by atoms with E-state index in [-0.39, 0.29) is 0 Å². The molecule has 1 saturated heterocycles. The lowest BCUT2D eigenvalue weighted by atomic mass is 9.85. The van der Waals surface area contributed by atoms with Crippen LogP contribution in [0, 0.1) is 5.92 Å². The molecule has 0 spiro atoms. The minimum absolute atomic E-state index is 0.391. The van der Waals surface area contributed by atoms with Crippen molar-refractivity contribution in [2.45, 2.75) is 37.6 Å². The van der Waals surface area contributed by atoms with E-state index >= 15 is 0 Å². The fourth-order valence-electron chi connectivity index (χ4n) is 3.03. The average Bonchev–Trinajstić information content (AvgIpc) is 3.02. The van der Waals surface area contributed by atoms with Gasteiger partial charge in [-0.15, -0.1) is 0 Å². The Morgan fingerprint density at radius 1 is 1.44 bits per heavy atom. The van der Waals surface area contributed by atoms with E-state index in [1.807, 2.05) is 12.4 Å². The van der Waals surface area contributed by atoms with Crippen molar-refractivity contribution in [3.63, 3.8) is 0 Å². The number of nitrogens with zero attached hydrogens (tertiary/aromatic N) is 1. The van der Waals surface area contributed by atoms with Gasteiger partial charge in [0.15, 0.2) is 0 Å². The minimum Gasteiger partial charge on any atom is -0.311 e. The van der Waals surface area contributed by atoms with Crippen LogP contribution in [0.1, 0.15) is 31.2 Å². The van der Waals surface area contributed by atoms with Crippen molar-refractivity contribution in [1.29, 1.82) is 0 Å². The number of hydrogen-bond acceptors (Lipinski definition) is 2. The topological polar surface area (TPSA) is 24.9 Å². The highest BCUT2D eigenvalue weighted by Gasteiger charge is 2.46. The zero-order valence-electron chi connectivity index (χ0n) is 9.38. The zero-order chi connectivity index (χ0) is 11.0. The molecule has 0 bridgehead atoms. The van der Waals surface area contributed by atoms with Crippen molar-refractivity contribution in [3.05, 3.63) is 28.5 Å². The molecule has 1 aromatic heterocycles. The first-order chi connectivity index (χ1) is 7.78. The highest BCUT2D eigenvalue weighted by molar-refractivity contribution is 9.10. The maximum atomic E-state index is 4.26. The fraction of sp³-hybridized carbons (Fsp3) is 0.615. The third kappa shape index (κ3) is 2.03. The monoisotopic (exact) mass is 280 g/mol. The van der Waals surface area contributed by atoms with Crippen LogP contribution in [0.4, 0.5) is 0 Å². The molecule has 1 atom stereocenters. The summed E-state index contributed by atoms with van der Waals surface area (Å²) in [4.78, 5) is 4.26. The highest BCUT2D eigenvalue weighted by Crippen LogP contribution is 2.45. The molecule has 2 nitrogen and oxygen atoms in total. The summed E-state index contributed by atoms with van der Waals surface area (Å²) < 4.78 is 1.09. The van der Waals surface area contributed by atoms with Gasteiger partial charge in [-0.25, -0.2) is 0 Å². The molecule has 1 aliphatic carbocycles. The van der Waals surface area contributed by atoms with E-state index < -0.39 is 0 Å². The van der Waals surface area contributed by atoms with E-state index in [1.54, 1.807) is 0 Å². The summed E-state index contributed by atoms with van der Waals surface area (Å²) in [5.74, 6) is 0.911. The normalized spacial score (nSPS) is 29.6. The van der Waals surface area contributed by atoms with E-state index in [1.165, 1.54) is 37.8 Å². The van der Waals surface area contributed by atoms with Gasteiger partial charge in [-0.2, -0.15) is 0 Å². The van der Waals surface area contributed by atoms with Gasteiger partial charge in [-0.05, 0) is 72.1 Å². The van der Waals surface area contributed by atoms with Gasteiger partial charge in [0.05, 0.1) is 0 Å². The molecule has 16 heavy (non-hydrogen) atoms. The number of nitrogens with one attached hydrogen (secondary N) is 1. The first-order valence-corrected chi connectivity index (χ1v) is 6.92. The lowest BCUT2D eigenvalue weighted by Gasteiger charge is -2.30. The number of hydrogen-bond donors (Lipinski definition) is 1. The van der Waals surface area contributed by atoms with Gasteiger partial charge in [0.2, 0.25) is 0 Å². The summed E-state index contributed by atoms with van der Waals surface area (Å²) in [6, 6.07) is 2.21. The predicted octanol–water partition coefficient (Wildman–Crippen LogP) is 2.92. The third-order valence-electron chi connectivity index (χ3n) is 3.92. The van der Waals surface area contributed by atoms with Crippen LogP contribution >= 0.6 is 15.9 Å². The Kier molecular flexibility index (Phi) is 2.76. The molecule has 86 valence electrons. The molecule has 0 radical (unpaired) electrons. The molecular formula is C13H17BrN2. The van der Waals surface area contributed by atoms with Crippen LogP contribution in [0.5, 0.6) is 0 Å². The Hall–Kier alpha value is -0.410. The first-order valence-electron chi connectivity index (χ1n) is 6.13. The van der Waals surface area contributed by atoms with Crippen molar-refractivity contribution >= 4 is 15.9 Å². The summed E-state index contributed by atoms with van der Waals surface area (Å²) in [6.45, 7) is 1.19. The second-order valence-electron chi connectivity index (χ2n) is 5.15. The van der Waals surface area contributed by atoms with Crippen LogP contribution in [0.2, 0.25) is 0 Å². The van der Waals surface area contributed by atoms with E-state index in [0.29, 0.717) is 5.54 Å². The summed E-state index contributed by atoms with van der Waals surface area (Å²) in [7, 11) is 0. The maximum Gasteiger partial charge on any atom is 0.0410 e. The Labute approximate surface area is 105 Å². The van der Waals surface area contributed by atoms with Crippen LogP contribution in [0.25, 0.3) is 0 Å². The molecule has 1 unspecified atom stereocenters. The lowest BCUT2D eigenvalue weighted by molar-refractivity contribution is 0.323. The van der Waals surface area contributed by atoms with Gasteiger partial charge in [0.25, 0.3) is 0 Å². The minimum atomic E-state index is 0.391. The number of halogens is 1. The fourth-order valence-corrected chi connectivity index (χ4v) is 3.44. The van der Waals surface area contributed by atoms with Crippen molar-refractivity contribution < 1.29 is 0 Å². The average molecular weight is 281 g/mol. The zero-order valence-corrected chi connectivity index (χ0v) is 11.0. The van der Waals surface area contributed by atoms with Crippen LogP contribution in [0.3, 0.4) is 0 Å². The van der Waals surface area contributed by atoms with Crippen molar-refractivity contribution in [3.8, 4) is 0 Å². The molecule has 0 amide bonds.